The monoisotopic (exact) mass is 308 g/mol. The van der Waals surface area contributed by atoms with Gasteiger partial charge in [0.05, 0.1) is 7.11 Å². The van der Waals surface area contributed by atoms with Crippen molar-refractivity contribution in [1.29, 1.82) is 10.5 Å². The SMILES string of the molecule is COc1ccc(CCS(=C(C#N)C#N)c2ccccc2)cc1. The van der Waals surface area contributed by atoms with Gasteiger partial charge in [-0.3, -0.25) is 0 Å². The fourth-order valence-electron chi connectivity index (χ4n) is 2.07. The molecule has 4 heteroatoms. The van der Waals surface area contributed by atoms with Crippen LogP contribution in [0.25, 0.3) is 0 Å². The molecule has 0 spiro atoms. The van der Waals surface area contributed by atoms with Crippen molar-refractivity contribution >= 4 is 15.3 Å². The first-order valence-corrected chi connectivity index (χ1v) is 8.24. The van der Waals surface area contributed by atoms with Gasteiger partial charge in [-0.1, -0.05) is 30.3 Å². The Morgan fingerprint density at radius 1 is 1.00 bits per heavy atom. The third kappa shape index (κ3) is 3.97. The second kappa shape index (κ2) is 8.02. The maximum Gasteiger partial charge on any atom is 0.157 e. The van der Waals surface area contributed by atoms with Gasteiger partial charge in [0.1, 0.15) is 17.9 Å². The molecule has 2 aromatic rings. The van der Waals surface area contributed by atoms with E-state index >= 15 is 0 Å². The lowest BCUT2D eigenvalue weighted by molar-refractivity contribution is 0.414. The molecule has 0 bridgehead atoms. The number of benzene rings is 2. The summed E-state index contributed by atoms with van der Waals surface area (Å²) in [7, 11) is 1.17. The van der Waals surface area contributed by atoms with Gasteiger partial charge in [-0.2, -0.15) is 10.5 Å². The predicted molar refractivity (Wildman–Crippen MR) is 90.1 cm³/mol. The van der Waals surface area contributed by atoms with Gasteiger partial charge < -0.3 is 4.74 Å². The molecule has 3 nitrogen and oxygen atoms in total. The van der Waals surface area contributed by atoms with Crippen molar-refractivity contribution in [1.82, 2.24) is 0 Å². The first-order valence-electron chi connectivity index (χ1n) is 6.84. The Bertz CT molecular complexity index is 721. The Morgan fingerprint density at radius 2 is 1.64 bits per heavy atom. The molecule has 1 atom stereocenters. The highest BCUT2D eigenvalue weighted by atomic mass is 32.2. The predicted octanol–water partition coefficient (Wildman–Crippen LogP) is 3.79. The summed E-state index contributed by atoms with van der Waals surface area (Å²) in [4.78, 5) is 1.33. The first-order chi connectivity index (χ1) is 10.8. The molecule has 0 aliphatic rings. The van der Waals surface area contributed by atoms with Crippen LogP contribution in [0, 0.1) is 22.7 Å². The van der Waals surface area contributed by atoms with E-state index in [0.717, 1.165) is 22.8 Å². The average molecular weight is 308 g/mol. The van der Waals surface area contributed by atoms with E-state index in [1.165, 1.54) is 5.56 Å². The maximum atomic E-state index is 9.20. The molecular weight excluding hydrogens is 292 g/mol. The highest BCUT2D eigenvalue weighted by Crippen LogP contribution is 2.29. The standard InChI is InChI=1S/C18H16N2OS/c1-21-16-9-7-15(8-10-16)11-12-22(18(13-19)14-20)17-5-3-2-4-6-17/h2-10H,11-12H2,1H3. The van der Waals surface area contributed by atoms with Crippen molar-refractivity contribution in [2.75, 3.05) is 12.9 Å². The van der Waals surface area contributed by atoms with Gasteiger partial charge in [0.2, 0.25) is 0 Å². The van der Waals surface area contributed by atoms with E-state index in [9.17, 15) is 10.5 Å². The first kappa shape index (κ1) is 15.8. The van der Waals surface area contributed by atoms with Gasteiger partial charge in [-0.05, 0) is 42.0 Å². The molecule has 0 N–H and O–H groups in total. The summed E-state index contributed by atoms with van der Waals surface area (Å²) in [5.74, 6) is 1.58. The van der Waals surface area contributed by atoms with Gasteiger partial charge in [-0.25, -0.2) is 0 Å². The highest BCUT2D eigenvalue weighted by molar-refractivity contribution is 8.16. The van der Waals surface area contributed by atoms with Crippen LogP contribution in [0.4, 0.5) is 0 Å². The van der Waals surface area contributed by atoms with Crippen LogP contribution in [0.15, 0.2) is 59.5 Å². The number of methoxy groups -OCH3 is 1. The normalized spacial score (nSPS) is 11.0. The molecule has 0 radical (unpaired) electrons. The Labute approximate surface area is 133 Å². The molecule has 0 aromatic heterocycles. The quantitative estimate of drug-likeness (QED) is 0.790. The lowest BCUT2D eigenvalue weighted by atomic mass is 10.2. The van der Waals surface area contributed by atoms with Gasteiger partial charge in [-0.15, -0.1) is 10.5 Å². The zero-order valence-electron chi connectivity index (χ0n) is 12.3. The Hall–Kier alpha value is -2.56. The van der Waals surface area contributed by atoms with Crippen molar-refractivity contribution < 1.29 is 4.74 Å². The topological polar surface area (TPSA) is 56.8 Å². The zero-order chi connectivity index (χ0) is 15.8. The van der Waals surface area contributed by atoms with E-state index in [4.69, 9.17) is 4.74 Å². The van der Waals surface area contributed by atoms with Crippen molar-refractivity contribution in [3.8, 4) is 17.9 Å². The zero-order valence-corrected chi connectivity index (χ0v) is 13.1. The number of ether oxygens (including phenoxy) is 1. The van der Waals surface area contributed by atoms with Crippen LogP contribution in [0.1, 0.15) is 5.56 Å². The van der Waals surface area contributed by atoms with E-state index in [0.29, 0.717) is 4.86 Å². The number of hydrogen-bond acceptors (Lipinski definition) is 3. The molecule has 110 valence electrons. The fourth-order valence-corrected chi connectivity index (χ4v) is 3.89. The van der Waals surface area contributed by atoms with E-state index < -0.39 is 10.5 Å². The van der Waals surface area contributed by atoms with Crippen LogP contribution in [-0.4, -0.2) is 17.7 Å². The van der Waals surface area contributed by atoms with Crippen LogP contribution >= 0.6 is 10.5 Å². The third-order valence-electron chi connectivity index (χ3n) is 3.23. The van der Waals surface area contributed by atoms with Crippen molar-refractivity contribution in [3.05, 3.63) is 60.2 Å². The van der Waals surface area contributed by atoms with Gasteiger partial charge in [0, 0.05) is 4.90 Å². The lowest BCUT2D eigenvalue weighted by Gasteiger charge is -2.10. The second-order valence-corrected chi connectivity index (χ2v) is 6.63. The molecule has 0 saturated heterocycles. The number of aryl methyl sites for hydroxylation is 1. The number of hydrogen-bond donors (Lipinski definition) is 0. The fraction of sp³-hybridized carbons (Fsp3) is 0.167. The summed E-state index contributed by atoms with van der Waals surface area (Å²) in [6, 6.07) is 21.8. The molecule has 0 aliphatic carbocycles. The summed E-state index contributed by atoms with van der Waals surface area (Å²) in [5.41, 5.74) is 1.17. The highest BCUT2D eigenvalue weighted by Gasteiger charge is 2.08. The van der Waals surface area contributed by atoms with E-state index in [-0.39, 0.29) is 0 Å². The molecule has 0 fully saturated rings. The Morgan fingerprint density at radius 3 is 2.18 bits per heavy atom. The van der Waals surface area contributed by atoms with Crippen LogP contribution in [-0.2, 0) is 6.42 Å². The number of rotatable bonds is 5. The van der Waals surface area contributed by atoms with Crippen LogP contribution in [0.5, 0.6) is 5.75 Å². The maximum absolute atomic E-state index is 9.20. The molecule has 2 aromatic carbocycles. The van der Waals surface area contributed by atoms with Gasteiger partial charge >= 0.3 is 0 Å². The molecule has 1 unspecified atom stereocenters. The Kier molecular flexibility index (Phi) is 5.77. The van der Waals surface area contributed by atoms with E-state index in [1.54, 1.807) is 7.11 Å². The number of nitrogens with zero attached hydrogens (tertiary/aromatic N) is 2. The molecule has 0 saturated carbocycles. The number of nitriles is 2. The summed E-state index contributed by atoms with van der Waals surface area (Å²) in [6.07, 6.45) is 0.814. The molecule has 0 aliphatic heterocycles. The minimum absolute atomic E-state index is 0.291. The second-order valence-electron chi connectivity index (χ2n) is 4.56. The lowest BCUT2D eigenvalue weighted by Crippen LogP contribution is -1.98. The van der Waals surface area contributed by atoms with Crippen LogP contribution in [0.2, 0.25) is 0 Å². The van der Waals surface area contributed by atoms with Crippen LogP contribution in [0.3, 0.4) is 0 Å². The van der Waals surface area contributed by atoms with Crippen LogP contribution < -0.4 is 4.74 Å². The van der Waals surface area contributed by atoms with Crippen molar-refractivity contribution in [2.45, 2.75) is 11.3 Å². The summed E-state index contributed by atoms with van der Waals surface area (Å²) >= 11 is 0. The molecule has 2 rings (SSSR count). The molecule has 0 amide bonds. The summed E-state index contributed by atoms with van der Waals surface area (Å²) in [5, 5.41) is 18.4. The molecular formula is C18H16N2OS. The van der Waals surface area contributed by atoms with Gasteiger partial charge in [0.25, 0.3) is 0 Å². The van der Waals surface area contributed by atoms with E-state index in [1.807, 2.05) is 54.6 Å². The summed E-state index contributed by atoms with van der Waals surface area (Å²) < 4.78 is 5.15. The average Bonchev–Trinajstić information content (AvgIpc) is 2.60. The van der Waals surface area contributed by atoms with Gasteiger partial charge in [0.15, 0.2) is 4.86 Å². The largest absolute Gasteiger partial charge is 0.497 e. The minimum Gasteiger partial charge on any atom is -0.497 e. The van der Waals surface area contributed by atoms with Crippen molar-refractivity contribution in [2.24, 2.45) is 0 Å². The van der Waals surface area contributed by atoms with Crippen molar-refractivity contribution in [3.63, 3.8) is 0 Å². The third-order valence-corrected chi connectivity index (χ3v) is 5.36. The smallest absolute Gasteiger partial charge is 0.157 e. The molecule has 0 heterocycles. The van der Waals surface area contributed by atoms with E-state index in [2.05, 4.69) is 12.1 Å². The summed E-state index contributed by atoms with van der Waals surface area (Å²) in [6.45, 7) is 0. The Balaban J connectivity index is 2.23. The molecule has 22 heavy (non-hydrogen) atoms. The minimum atomic E-state index is -0.470.